The van der Waals surface area contributed by atoms with Gasteiger partial charge in [-0.05, 0) is 24.8 Å². The minimum absolute atomic E-state index is 0.0254. The predicted molar refractivity (Wildman–Crippen MR) is 91.5 cm³/mol. The van der Waals surface area contributed by atoms with Gasteiger partial charge in [-0.25, -0.2) is 13.3 Å². The van der Waals surface area contributed by atoms with E-state index in [9.17, 15) is 32.9 Å². The lowest BCUT2D eigenvalue weighted by atomic mass is 9.59. The summed E-state index contributed by atoms with van der Waals surface area (Å²) in [6, 6.07) is 3.03. The Balaban J connectivity index is 1.85. The minimum Gasteiger partial charge on any atom is -0.299 e. The van der Waals surface area contributed by atoms with Gasteiger partial charge in [-0.3, -0.25) is 24.5 Å². The van der Waals surface area contributed by atoms with E-state index in [-0.39, 0.29) is 23.8 Å². The number of nitro groups is 1. The second kappa shape index (κ2) is 5.69. The average Bonchev–Trinajstić information content (AvgIpc) is 2.87. The fraction of sp³-hybridized carbons (Fsp3) is 0.471. The first-order chi connectivity index (χ1) is 12.6. The van der Waals surface area contributed by atoms with E-state index in [2.05, 4.69) is 0 Å². The SMILES string of the molecule is CS(=O)(=O)c1cc([N+](=O)[O-])ccc1N1C(=O)[C@@H]2[C@H]3CC[C@H](C(=O)C3)[C@@H]2C1=O. The number of sulfone groups is 1. The van der Waals surface area contributed by atoms with Crippen molar-refractivity contribution in [1.82, 2.24) is 0 Å². The Bertz CT molecular complexity index is 1020. The highest BCUT2D eigenvalue weighted by Crippen LogP contribution is 2.52. The molecule has 142 valence electrons. The molecular weight excluding hydrogens is 376 g/mol. The molecule has 1 heterocycles. The van der Waals surface area contributed by atoms with Crippen molar-refractivity contribution < 1.29 is 27.7 Å². The standard InChI is InChI=1S/C17H16N2O7S/c1-27(25,26)13-7-9(19(23)24)3-5-11(13)18-16(21)14-8-2-4-10(12(20)6-8)15(14)17(18)22/h3,5,7-8,10,14-15H,2,4,6H2,1H3/t8-,10+,14+,15-/m0/s1. The quantitative estimate of drug-likeness (QED) is 0.427. The lowest BCUT2D eigenvalue weighted by molar-refractivity contribution is -0.385. The van der Waals surface area contributed by atoms with Crippen LogP contribution in [-0.4, -0.2) is 37.2 Å². The molecule has 1 aromatic carbocycles. The first kappa shape index (κ1) is 17.8. The molecule has 4 aliphatic rings. The first-order valence-electron chi connectivity index (χ1n) is 8.50. The van der Waals surface area contributed by atoms with Crippen molar-refractivity contribution in [2.45, 2.75) is 24.2 Å². The summed E-state index contributed by atoms with van der Waals surface area (Å²) in [5.74, 6) is -3.26. The fourth-order valence-corrected chi connectivity index (χ4v) is 5.59. The van der Waals surface area contributed by atoms with E-state index >= 15 is 0 Å². The van der Waals surface area contributed by atoms with Crippen molar-refractivity contribution >= 4 is 38.8 Å². The Morgan fingerprint density at radius 1 is 1.11 bits per heavy atom. The highest BCUT2D eigenvalue weighted by atomic mass is 32.2. The number of nitro benzene ring substituents is 1. The number of non-ortho nitro benzene ring substituents is 1. The van der Waals surface area contributed by atoms with Gasteiger partial charge in [0.05, 0.1) is 27.3 Å². The molecule has 2 bridgehead atoms. The van der Waals surface area contributed by atoms with Gasteiger partial charge in [-0.1, -0.05) is 0 Å². The van der Waals surface area contributed by atoms with Crippen LogP contribution >= 0.6 is 0 Å². The molecule has 1 saturated heterocycles. The van der Waals surface area contributed by atoms with E-state index < -0.39 is 54.9 Å². The number of nitrogens with zero attached hydrogens (tertiary/aromatic N) is 2. The minimum atomic E-state index is -3.95. The molecule has 4 fully saturated rings. The van der Waals surface area contributed by atoms with Gasteiger partial charge in [0.1, 0.15) is 5.78 Å². The average molecular weight is 392 g/mol. The summed E-state index contributed by atoms with van der Waals surface area (Å²) >= 11 is 0. The van der Waals surface area contributed by atoms with Gasteiger partial charge in [-0.15, -0.1) is 0 Å². The topological polar surface area (TPSA) is 132 Å². The van der Waals surface area contributed by atoms with Crippen LogP contribution in [0.15, 0.2) is 23.1 Å². The zero-order chi connectivity index (χ0) is 19.7. The van der Waals surface area contributed by atoms with Crippen molar-refractivity contribution in [2.75, 3.05) is 11.2 Å². The summed E-state index contributed by atoms with van der Waals surface area (Å²) in [6.45, 7) is 0. The third-order valence-corrected chi connectivity index (χ3v) is 6.99. The number of anilines is 1. The summed E-state index contributed by atoms with van der Waals surface area (Å²) in [4.78, 5) is 48.8. The zero-order valence-corrected chi connectivity index (χ0v) is 15.1. The van der Waals surface area contributed by atoms with Crippen LogP contribution in [0.4, 0.5) is 11.4 Å². The molecule has 9 nitrogen and oxygen atoms in total. The number of ketones is 1. The van der Waals surface area contributed by atoms with Crippen molar-refractivity contribution in [1.29, 1.82) is 0 Å². The zero-order valence-electron chi connectivity index (χ0n) is 14.3. The maximum Gasteiger partial charge on any atom is 0.270 e. The highest BCUT2D eigenvalue weighted by molar-refractivity contribution is 7.90. The lowest BCUT2D eigenvalue weighted by Gasteiger charge is -2.41. The Morgan fingerprint density at radius 2 is 1.78 bits per heavy atom. The Morgan fingerprint density at radius 3 is 2.37 bits per heavy atom. The van der Waals surface area contributed by atoms with Crippen LogP contribution in [0, 0.1) is 33.8 Å². The number of carbonyl (C=O) groups is 3. The maximum atomic E-state index is 13.0. The fourth-order valence-electron chi connectivity index (χ4n) is 4.72. The number of fused-ring (bicyclic) bond motifs is 2. The van der Waals surface area contributed by atoms with E-state index in [0.717, 1.165) is 29.4 Å². The smallest absolute Gasteiger partial charge is 0.270 e. The van der Waals surface area contributed by atoms with Gasteiger partial charge in [0.2, 0.25) is 11.8 Å². The molecule has 0 unspecified atom stereocenters. The van der Waals surface area contributed by atoms with Gasteiger partial charge in [0, 0.05) is 30.7 Å². The normalized spacial score (nSPS) is 30.0. The largest absolute Gasteiger partial charge is 0.299 e. The van der Waals surface area contributed by atoms with Crippen LogP contribution in [0.25, 0.3) is 0 Å². The summed E-state index contributed by atoms with van der Waals surface area (Å²) in [6.07, 6.45) is 2.36. The molecule has 0 radical (unpaired) electrons. The van der Waals surface area contributed by atoms with Gasteiger partial charge in [-0.2, -0.15) is 0 Å². The number of hydrogen-bond donors (Lipinski definition) is 0. The molecule has 4 atom stereocenters. The summed E-state index contributed by atoms with van der Waals surface area (Å²) in [5.41, 5.74) is -0.634. The van der Waals surface area contributed by atoms with E-state index in [1.165, 1.54) is 0 Å². The molecule has 10 heteroatoms. The first-order valence-corrected chi connectivity index (χ1v) is 10.4. The summed E-state index contributed by atoms with van der Waals surface area (Å²) in [7, 11) is -3.95. The van der Waals surface area contributed by atoms with Crippen LogP contribution < -0.4 is 4.90 Å². The number of amides is 2. The molecule has 3 aliphatic carbocycles. The second-order valence-electron chi connectivity index (χ2n) is 7.36. The maximum absolute atomic E-state index is 13.0. The molecule has 1 aliphatic heterocycles. The lowest BCUT2D eigenvalue weighted by Crippen LogP contribution is -2.46. The van der Waals surface area contributed by atoms with Crippen LogP contribution in [0.1, 0.15) is 19.3 Å². The molecule has 0 aromatic heterocycles. The number of hydrogen-bond acceptors (Lipinski definition) is 7. The molecule has 0 spiro atoms. The molecule has 2 amide bonds. The van der Waals surface area contributed by atoms with Crippen molar-refractivity contribution in [3.63, 3.8) is 0 Å². The number of benzene rings is 1. The monoisotopic (exact) mass is 392 g/mol. The number of Topliss-reactive ketones (excluding diaryl/α,β-unsaturated/α-hetero) is 1. The summed E-state index contributed by atoms with van der Waals surface area (Å²) in [5, 5.41) is 11.0. The van der Waals surface area contributed by atoms with Crippen molar-refractivity contribution in [3.05, 3.63) is 28.3 Å². The van der Waals surface area contributed by atoms with E-state index in [1.807, 2.05) is 0 Å². The predicted octanol–water partition coefficient (Wildman–Crippen LogP) is 1.10. The second-order valence-corrected chi connectivity index (χ2v) is 9.34. The van der Waals surface area contributed by atoms with Gasteiger partial charge >= 0.3 is 0 Å². The van der Waals surface area contributed by atoms with Crippen LogP contribution in [0.2, 0.25) is 0 Å². The highest BCUT2D eigenvalue weighted by Gasteiger charge is 2.61. The number of carbonyl (C=O) groups excluding carboxylic acids is 3. The van der Waals surface area contributed by atoms with E-state index in [4.69, 9.17) is 0 Å². The van der Waals surface area contributed by atoms with Crippen LogP contribution in [-0.2, 0) is 24.2 Å². The van der Waals surface area contributed by atoms with Crippen molar-refractivity contribution in [2.24, 2.45) is 23.7 Å². The van der Waals surface area contributed by atoms with E-state index in [0.29, 0.717) is 12.8 Å². The Kier molecular flexibility index (Phi) is 3.74. The molecular formula is C17H16N2O7S. The third-order valence-electron chi connectivity index (χ3n) is 5.86. The molecule has 1 aromatic rings. The Hall–Kier alpha value is -2.62. The van der Waals surface area contributed by atoms with Crippen LogP contribution in [0.3, 0.4) is 0 Å². The van der Waals surface area contributed by atoms with Crippen LogP contribution in [0.5, 0.6) is 0 Å². The molecule has 27 heavy (non-hydrogen) atoms. The third kappa shape index (κ3) is 2.50. The van der Waals surface area contributed by atoms with E-state index in [1.54, 1.807) is 0 Å². The van der Waals surface area contributed by atoms with Gasteiger partial charge in [0.25, 0.3) is 5.69 Å². The van der Waals surface area contributed by atoms with Gasteiger partial charge < -0.3 is 0 Å². The molecule has 5 rings (SSSR count). The number of imide groups is 1. The van der Waals surface area contributed by atoms with Crippen molar-refractivity contribution in [3.8, 4) is 0 Å². The number of rotatable bonds is 3. The Labute approximate surface area is 154 Å². The summed E-state index contributed by atoms with van der Waals surface area (Å²) < 4.78 is 24.4. The molecule has 0 N–H and O–H groups in total. The molecule has 3 saturated carbocycles. The van der Waals surface area contributed by atoms with Gasteiger partial charge in [0.15, 0.2) is 9.84 Å².